The molecule has 13 heavy (non-hydrogen) atoms. The molecule has 1 nitrogen and oxygen atoms in total. The summed E-state index contributed by atoms with van der Waals surface area (Å²) in [6, 6.07) is 0. The van der Waals surface area contributed by atoms with E-state index in [1.807, 2.05) is 38.3 Å². The highest BCUT2D eigenvalue weighted by molar-refractivity contribution is 8.02. The van der Waals surface area contributed by atoms with Crippen molar-refractivity contribution in [3.05, 3.63) is 47.7 Å². The zero-order chi connectivity index (χ0) is 10.1. The van der Waals surface area contributed by atoms with Crippen LogP contribution in [0.4, 0.5) is 0 Å². The molecule has 0 atom stereocenters. The standard InChI is InChI=1S/C11H17NS/c1-5-9-12-10(3)7-8-11(6-2)13-4/h5-9,12H,3H2,1-2,4H3/b8-7-,9-5+,11-6+. The zero-order valence-electron chi connectivity index (χ0n) is 8.50. The fourth-order valence-electron chi connectivity index (χ4n) is 0.703. The van der Waals surface area contributed by atoms with Crippen LogP contribution in [-0.4, -0.2) is 6.26 Å². The van der Waals surface area contributed by atoms with E-state index in [4.69, 9.17) is 0 Å². The molecule has 0 aliphatic carbocycles. The van der Waals surface area contributed by atoms with E-state index in [1.165, 1.54) is 4.91 Å². The largest absolute Gasteiger partial charge is 0.362 e. The SMILES string of the molecule is C=C(/C=C\C(=C/C)SC)N/C=C/C. The van der Waals surface area contributed by atoms with Crippen molar-refractivity contribution >= 4 is 11.8 Å². The van der Waals surface area contributed by atoms with Gasteiger partial charge in [0.05, 0.1) is 0 Å². The van der Waals surface area contributed by atoms with Crippen molar-refractivity contribution in [3.63, 3.8) is 0 Å². The Hall–Kier alpha value is -0.890. The highest BCUT2D eigenvalue weighted by Crippen LogP contribution is 2.12. The average Bonchev–Trinajstić information content (AvgIpc) is 2.16. The van der Waals surface area contributed by atoms with E-state index in [2.05, 4.69) is 24.2 Å². The predicted octanol–water partition coefficient (Wildman–Crippen LogP) is 3.45. The molecule has 0 aromatic rings. The second-order valence-electron chi connectivity index (χ2n) is 2.40. The van der Waals surface area contributed by atoms with Gasteiger partial charge < -0.3 is 5.32 Å². The summed E-state index contributed by atoms with van der Waals surface area (Å²) in [5.41, 5.74) is 0.895. The number of hydrogen-bond acceptors (Lipinski definition) is 2. The van der Waals surface area contributed by atoms with Crippen molar-refractivity contribution in [2.24, 2.45) is 0 Å². The molecule has 0 rings (SSSR count). The van der Waals surface area contributed by atoms with Crippen molar-refractivity contribution in [1.29, 1.82) is 0 Å². The minimum Gasteiger partial charge on any atom is -0.362 e. The second-order valence-corrected chi connectivity index (χ2v) is 3.28. The van der Waals surface area contributed by atoms with Crippen LogP contribution in [0.1, 0.15) is 13.8 Å². The van der Waals surface area contributed by atoms with E-state index in [0.717, 1.165) is 5.70 Å². The molecule has 0 heterocycles. The van der Waals surface area contributed by atoms with E-state index in [-0.39, 0.29) is 0 Å². The Labute approximate surface area is 85.3 Å². The van der Waals surface area contributed by atoms with E-state index in [1.54, 1.807) is 11.8 Å². The molecule has 2 heteroatoms. The highest BCUT2D eigenvalue weighted by Gasteiger charge is 1.86. The topological polar surface area (TPSA) is 12.0 Å². The van der Waals surface area contributed by atoms with E-state index >= 15 is 0 Å². The van der Waals surface area contributed by atoms with Gasteiger partial charge >= 0.3 is 0 Å². The molecular weight excluding hydrogens is 178 g/mol. The van der Waals surface area contributed by atoms with Crippen molar-refractivity contribution in [1.82, 2.24) is 5.32 Å². The Kier molecular flexibility index (Phi) is 7.21. The van der Waals surface area contributed by atoms with Crippen LogP contribution in [0.25, 0.3) is 0 Å². The lowest BCUT2D eigenvalue weighted by Gasteiger charge is -1.98. The molecule has 72 valence electrons. The van der Waals surface area contributed by atoms with E-state index in [0.29, 0.717) is 0 Å². The Morgan fingerprint density at radius 2 is 2.00 bits per heavy atom. The van der Waals surface area contributed by atoms with Gasteiger partial charge in [0, 0.05) is 10.6 Å². The molecule has 1 N–H and O–H groups in total. The molecule has 0 saturated heterocycles. The minimum absolute atomic E-state index is 0.895. The first-order chi connectivity index (χ1) is 6.24. The first-order valence-corrected chi connectivity index (χ1v) is 5.42. The summed E-state index contributed by atoms with van der Waals surface area (Å²) in [5, 5.41) is 3.04. The lowest BCUT2D eigenvalue weighted by Crippen LogP contribution is -1.99. The van der Waals surface area contributed by atoms with Crippen molar-refractivity contribution in [3.8, 4) is 0 Å². The van der Waals surface area contributed by atoms with Gasteiger partial charge in [0.1, 0.15) is 0 Å². The summed E-state index contributed by atoms with van der Waals surface area (Å²) in [4.78, 5) is 1.24. The monoisotopic (exact) mass is 195 g/mol. The Morgan fingerprint density at radius 3 is 2.46 bits per heavy atom. The summed E-state index contributed by atoms with van der Waals surface area (Å²) < 4.78 is 0. The molecule has 0 unspecified atom stereocenters. The Bertz CT molecular complexity index is 236. The minimum atomic E-state index is 0.895. The van der Waals surface area contributed by atoms with Gasteiger partial charge in [-0.2, -0.15) is 0 Å². The zero-order valence-corrected chi connectivity index (χ0v) is 9.32. The normalized spacial score (nSPS) is 12.7. The fraction of sp³-hybridized carbons (Fsp3) is 0.273. The van der Waals surface area contributed by atoms with Gasteiger partial charge in [-0.25, -0.2) is 0 Å². The molecule has 0 amide bonds. The fourth-order valence-corrected chi connectivity index (χ4v) is 1.14. The van der Waals surface area contributed by atoms with Crippen LogP contribution < -0.4 is 5.32 Å². The first kappa shape index (κ1) is 12.1. The van der Waals surface area contributed by atoms with Gasteiger partial charge in [-0.3, -0.25) is 0 Å². The molecule has 0 radical (unpaired) electrons. The third-order valence-corrected chi connectivity index (χ3v) is 2.25. The molecule has 0 bridgehead atoms. The predicted molar refractivity (Wildman–Crippen MR) is 63.5 cm³/mol. The molecule has 0 aromatic carbocycles. The third-order valence-electron chi connectivity index (χ3n) is 1.40. The van der Waals surface area contributed by atoms with Crippen LogP contribution in [0.15, 0.2) is 47.7 Å². The van der Waals surface area contributed by atoms with Crippen LogP contribution in [0.3, 0.4) is 0 Å². The number of nitrogens with one attached hydrogen (secondary N) is 1. The third kappa shape index (κ3) is 6.29. The van der Waals surface area contributed by atoms with Crippen LogP contribution in [0.2, 0.25) is 0 Å². The van der Waals surface area contributed by atoms with Crippen LogP contribution in [0.5, 0.6) is 0 Å². The van der Waals surface area contributed by atoms with Crippen molar-refractivity contribution in [2.75, 3.05) is 6.26 Å². The summed E-state index contributed by atoms with van der Waals surface area (Å²) in [6.45, 7) is 7.83. The lowest BCUT2D eigenvalue weighted by molar-refractivity contribution is 1.12. The van der Waals surface area contributed by atoms with Crippen LogP contribution in [-0.2, 0) is 0 Å². The molecule has 0 aromatic heterocycles. The molecule has 0 aliphatic heterocycles. The van der Waals surface area contributed by atoms with E-state index in [9.17, 15) is 0 Å². The number of allylic oxidation sites excluding steroid dienone is 4. The lowest BCUT2D eigenvalue weighted by atomic mass is 10.4. The average molecular weight is 195 g/mol. The van der Waals surface area contributed by atoms with Gasteiger partial charge in [-0.1, -0.05) is 18.7 Å². The quantitative estimate of drug-likeness (QED) is 0.674. The van der Waals surface area contributed by atoms with Gasteiger partial charge in [-0.05, 0) is 38.5 Å². The highest BCUT2D eigenvalue weighted by atomic mass is 32.2. The maximum atomic E-state index is 3.85. The van der Waals surface area contributed by atoms with Gasteiger partial charge in [0.2, 0.25) is 0 Å². The summed E-state index contributed by atoms with van der Waals surface area (Å²) in [5.74, 6) is 0. The molecule has 0 spiro atoms. The molecule has 0 aliphatic rings. The molecule has 0 fully saturated rings. The summed E-state index contributed by atoms with van der Waals surface area (Å²) >= 11 is 1.72. The molecular formula is C11H17NS. The number of hydrogen-bond donors (Lipinski definition) is 1. The van der Waals surface area contributed by atoms with Gasteiger partial charge in [-0.15, -0.1) is 11.8 Å². The number of thioether (sulfide) groups is 1. The van der Waals surface area contributed by atoms with Crippen molar-refractivity contribution < 1.29 is 0 Å². The van der Waals surface area contributed by atoms with E-state index < -0.39 is 0 Å². The van der Waals surface area contributed by atoms with Gasteiger partial charge in [0.25, 0.3) is 0 Å². The Balaban J connectivity index is 4.03. The first-order valence-electron chi connectivity index (χ1n) is 4.19. The van der Waals surface area contributed by atoms with Crippen LogP contribution >= 0.6 is 11.8 Å². The van der Waals surface area contributed by atoms with Crippen molar-refractivity contribution in [2.45, 2.75) is 13.8 Å². The Morgan fingerprint density at radius 1 is 1.31 bits per heavy atom. The van der Waals surface area contributed by atoms with Crippen LogP contribution in [0, 0.1) is 0 Å². The maximum Gasteiger partial charge on any atom is 0.0306 e. The number of rotatable bonds is 5. The molecule has 0 saturated carbocycles. The smallest absolute Gasteiger partial charge is 0.0306 e. The maximum absolute atomic E-state index is 3.85. The summed E-state index contributed by atoms with van der Waals surface area (Å²) in [7, 11) is 0. The summed E-state index contributed by atoms with van der Waals surface area (Å²) in [6.07, 6.45) is 11.9. The second kappa shape index (κ2) is 7.74. The van der Waals surface area contributed by atoms with Gasteiger partial charge in [0.15, 0.2) is 0 Å².